The molecular weight excluding hydrogens is 319 g/mol. The zero-order chi connectivity index (χ0) is 15.5. The Hall–Kier alpha value is -2.23. The number of hydrogen-bond donors (Lipinski definition) is 2. The fourth-order valence-corrected chi connectivity index (χ4v) is 2.52. The Balaban J connectivity index is 1.83. The van der Waals surface area contributed by atoms with Gasteiger partial charge in [0.2, 0.25) is 0 Å². The number of hydrogen-bond acceptors (Lipinski definition) is 2. The molecule has 5 heteroatoms. The van der Waals surface area contributed by atoms with Crippen LogP contribution in [0.1, 0.15) is 11.4 Å². The largest absolute Gasteiger partial charge is 0.508 e. The van der Waals surface area contributed by atoms with Crippen molar-refractivity contribution in [3.05, 3.63) is 70.1 Å². The lowest BCUT2D eigenvalue weighted by Gasteiger charge is -2.00. The molecule has 0 amide bonds. The molecule has 0 atom stereocenters. The van der Waals surface area contributed by atoms with Gasteiger partial charge in [-0.15, -0.1) is 0 Å². The molecule has 0 spiro atoms. The number of H-pyrrole nitrogens is 1. The summed E-state index contributed by atoms with van der Waals surface area (Å²) in [4.78, 5) is 7.57. The Morgan fingerprint density at radius 1 is 1.00 bits per heavy atom. The molecular formula is C17H12Cl2N2O. The Morgan fingerprint density at radius 3 is 2.50 bits per heavy atom. The topological polar surface area (TPSA) is 48.9 Å². The first-order valence-electron chi connectivity index (χ1n) is 6.60. The summed E-state index contributed by atoms with van der Waals surface area (Å²) in [6.45, 7) is 0. The van der Waals surface area contributed by atoms with Crippen LogP contribution in [0.3, 0.4) is 0 Å². The number of benzene rings is 2. The van der Waals surface area contributed by atoms with Gasteiger partial charge in [0.05, 0.1) is 10.7 Å². The molecule has 0 aliphatic carbocycles. The minimum atomic E-state index is 0.245. The summed E-state index contributed by atoms with van der Waals surface area (Å²) in [6, 6.07) is 12.2. The monoisotopic (exact) mass is 330 g/mol. The van der Waals surface area contributed by atoms with Gasteiger partial charge in [0.15, 0.2) is 0 Å². The molecule has 2 aromatic carbocycles. The molecule has 3 aromatic rings. The van der Waals surface area contributed by atoms with Crippen molar-refractivity contribution in [1.82, 2.24) is 9.97 Å². The first-order valence-corrected chi connectivity index (χ1v) is 7.35. The third kappa shape index (κ3) is 3.32. The predicted octanol–water partition coefficient (Wildman–Crippen LogP) is 5.26. The van der Waals surface area contributed by atoms with Crippen LogP contribution in [0.5, 0.6) is 5.75 Å². The zero-order valence-electron chi connectivity index (χ0n) is 11.4. The lowest BCUT2D eigenvalue weighted by molar-refractivity contribution is 0.475. The molecule has 3 nitrogen and oxygen atoms in total. The van der Waals surface area contributed by atoms with Crippen LogP contribution >= 0.6 is 23.2 Å². The van der Waals surface area contributed by atoms with Crippen LogP contribution in [0.25, 0.3) is 23.4 Å². The average molecular weight is 331 g/mol. The van der Waals surface area contributed by atoms with Gasteiger partial charge >= 0.3 is 0 Å². The van der Waals surface area contributed by atoms with Crippen molar-refractivity contribution in [3.63, 3.8) is 0 Å². The number of aromatic nitrogens is 2. The van der Waals surface area contributed by atoms with E-state index in [0.717, 1.165) is 16.8 Å². The van der Waals surface area contributed by atoms with Crippen LogP contribution in [0.15, 0.2) is 48.7 Å². The van der Waals surface area contributed by atoms with Gasteiger partial charge in [-0.05, 0) is 42.0 Å². The molecule has 1 heterocycles. The predicted molar refractivity (Wildman–Crippen MR) is 91.1 cm³/mol. The molecule has 0 fully saturated rings. The van der Waals surface area contributed by atoms with Crippen molar-refractivity contribution in [2.24, 2.45) is 0 Å². The molecule has 2 N–H and O–H groups in total. The normalized spacial score (nSPS) is 11.2. The maximum absolute atomic E-state index is 9.25. The lowest BCUT2D eigenvalue weighted by Crippen LogP contribution is -1.80. The first kappa shape index (κ1) is 14.7. The smallest absolute Gasteiger partial charge is 0.130 e. The number of halogens is 2. The van der Waals surface area contributed by atoms with Crippen LogP contribution in [-0.2, 0) is 0 Å². The van der Waals surface area contributed by atoms with Gasteiger partial charge in [-0.2, -0.15) is 0 Å². The number of phenols is 1. The molecule has 3 rings (SSSR count). The zero-order valence-corrected chi connectivity index (χ0v) is 12.9. The van der Waals surface area contributed by atoms with Crippen molar-refractivity contribution in [2.75, 3.05) is 0 Å². The van der Waals surface area contributed by atoms with E-state index >= 15 is 0 Å². The first-order chi connectivity index (χ1) is 10.6. The van der Waals surface area contributed by atoms with Gasteiger partial charge in [-0.25, -0.2) is 4.98 Å². The summed E-state index contributed by atoms with van der Waals surface area (Å²) in [5, 5.41) is 10.4. The minimum absolute atomic E-state index is 0.245. The van der Waals surface area contributed by atoms with Crippen LogP contribution in [0.2, 0.25) is 10.0 Å². The summed E-state index contributed by atoms with van der Waals surface area (Å²) in [5.74, 6) is 0.962. The highest BCUT2D eigenvalue weighted by Crippen LogP contribution is 2.29. The summed E-state index contributed by atoms with van der Waals surface area (Å²) in [6.07, 6.45) is 5.57. The Kier molecular flexibility index (Phi) is 4.18. The second-order valence-electron chi connectivity index (χ2n) is 4.72. The summed E-state index contributed by atoms with van der Waals surface area (Å²) >= 11 is 12.1. The Bertz CT molecular complexity index is 823. The van der Waals surface area contributed by atoms with Gasteiger partial charge in [-0.1, -0.05) is 41.4 Å². The second kappa shape index (κ2) is 6.26. The van der Waals surface area contributed by atoms with E-state index < -0.39 is 0 Å². The standard InChI is InChI=1S/C17H12Cl2N2O/c18-12-4-7-14(15(19)9-12)16-10-20-17(21-16)8-3-11-1-5-13(22)6-2-11/h1-10,22H,(H,20,21). The maximum atomic E-state index is 9.25. The summed E-state index contributed by atoms with van der Waals surface area (Å²) < 4.78 is 0. The third-order valence-corrected chi connectivity index (χ3v) is 3.68. The molecule has 0 radical (unpaired) electrons. The highest BCUT2D eigenvalue weighted by molar-refractivity contribution is 6.36. The van der Waals surface area contributed by atoms with E-state index in [1.54, 1.807) is 30.5 Å². The van der Waals surface area contributed by atoms with E-state index in [9.17, 15) is 5.11 Å². The van der Waals surface area contributed by atoms with Gasteiger partial charge in [0.25, 0.3) is 0 Å². The van der Waals surface area contributed by atoms with Crippen molar-refractivity contribution >= 4 is 35.4 Å². The molecule has 0 unspecified atom stereocenters. The average Bonchev–Trinajstić information content (AvgIpc) is 2.95. The third-order valence-electron chi connectivity index (χ3n) is 3.13. The number of aromatic amines is 1. The fourth-order valence-electron chi connectivity index (χ4n) is 2.02. The second-order valence-corrected chi connectivity index (χ2v) is 5.56. The van der Waals surface area contributed by atoms with Crippen molar-refractivity contribution in [1.29, 1.82) is 0 Å². The summed E-state index contributed by atoms with van der Waals surface area (Å²) in [5.41, 5.74) is 2.55. The van der Waals surface area contributed by atoms with E-state index in [-0.39, 0.29) is 5.75 Å². The van der Waals surface area contributed by atoms with Gasteiger partial charge in [0.1, 0.15) is 11.6 Å². The molecule has 0 saturated carbocycles. The summed E-state index contributed by atoms with van der Waals surface area (Å²) in [7, 11) is 0. The lowest BCUT2D eigenvalue weighted by atomic mass is 10.2. The van der Waals surface area contributed by atoms with Gasteiger partial charge in [-0.3, -0.25) is 0 Å². The fraction of sp³-hybridized carbons (Fsp3) is 0. The number of aromatic hydroxyl groups is 1. The van der Waals surface area contributed by atoms with Crippen LogP contribution in [0.4, 0.5) is 0 Å². The van der Waals surface area contributed by atoms with E-state index in [1.165, 1.54) is 0 Å². The van der Waals surface area contributed by atoms with Crippen LogP contribution in [-0.4, -0.2) is 15.1 Å². The van der Waals surface area contributed by atoms with Crippen molar-refractivity contribution in [2.45, 2.75) is 0 Å². The molecule has 110 valence electrons. The number of rotatable bonds is 3. The highest BCUT2D eigenvalue weighted by atomic mass is 35.5. The molecule has 22 heavy (non-hydrogen) atoms. The van der Waals surface area contributed by atoms with Gasteiger partial charge < -0.3 is 10.1 Å². The number of nitrogens with one attached hydrogen (secondary N) is 1. The van der Waals surface area contributed by atoms with Crippen LogP contribution in [0, 0.1) is 0 Å². The minimum Gasteiger partial charge on any atom is -0.508 e. The maximum Gasteiger partial charge on any atom is 0.130 e. The van der Waals surface area contributed by atoms with Crippen molar-refractivity contribution in [3.8, 4) is 17.0 Å². The highest BCUT2D eigenvalue weighted by Gasteiger charge is 2.07. The Morgan fingerprint density at radius 2 is 1.77 bits per heavy atom. The molecule has 0 saturated heterocycles. The number of phenolic OH excluding ortho intramolecular Hbond substituents is 1. The quantitative estimate of drug-likeness (QED) is 0.688. The van der Waals surface area contributed by atoms with E-state index in [2.05, 4.69) is 9.97 Å². The number of imidazole rings is 1. The SMILES string of the molecule is Oc1ccc(C=Cc2nc(-c3ccc(Cl)cc3Cl)c[nH]2)cc1. The molecule has 0 aliphatic rings. The molecule has 0 bridgehead atoms. The van der Waals surface area contributed by atoms with Crippen LogP contribution < -0.4 is 0 Å². The van der Waals surface area contributed by atoms with Crippen molar-refractivity contribution < 1.29 is 5.11 Å². The van der Waals surface area contributed by atoms with E-state index in [1.807, 2.05) is 30.4 Å². The number of nitrogens with zero attached hydrogens (tertiary/aromatic N) is 1. The van der Waals surface area contributed by atoms with Gasteiger partial charge in [0, 0.05) is 16.8 Å². The van der Waals surface area contributed by atoms with E-state index in [0.29, 0.717) is 15.9 Å². The Labute approximate surface area is 137 Å². The van der Waals surface area contributed by atoms with E-state index in [4.69, 9.17) is 23.2 Å². The molecule has 1 aromatic heterocycles. The molecule has 0 aliphatic heterocycles.